The molecular weight excluding hydrogens is 244 g/mol. The Labute approximate surface area is 92.4 Å². The molecular formula is C11H13BrO2. The van der Waals surface area contributed by atoms with E-state index >= 15 is 0 Å². The van der Waals surface area contributed by atoms with Crippen molar-refractivity contribution in [1.82, 2.24) is 0 Å². The molecule has 2 nitrogen and oxygen atoms in total. The number of hydrogen-bond donors (Lipinski definition) is 0. The number of ketones is 1. The molecule has 3 heteroatoms. The van der Waals surface area contributed by atoms with E-state index in [1.807, 2.05) is 19.1 Å². The second-order valence-corrected chi connectivity index (χ2v) is 4.15. The van der Waals surface area contributed by atoms with Gasteiger partial charge in [-0.05, 0) is 31.5 Å². The molecule has 0 atom stereocenters. The molecule has 0 aliphatic heterocycles. The van der Waals surface area contributed by atoms with Crippen LogP contribution >= 0.6 is 15.9 Å². The van der Waals surface area contributed by atoms with E-state index in [1.165, 1.54) is 0 Å². The molecule has 0 aliphatic carbocycles. The van der Waals surface area contributed by atoms with E-state index in [1.54, 1.807) is 14.0 Å². The predicted octanol–water partition coefficient (Wildman–Crippen LogP) is 2.90. The number of hydrogen-bond acceptors (Lipinski definition) is 2. The minimum Gasteiger partial charge on any atom is -0.496 e. The number of Topliss-reactive ketones (excluding diaryl/α,β-unsaturated/α-hetero) is 1. The maximum absolute atomic E-state index is 11.0. The van der Waals surface area contributed by atoms with E-state index in [-0.39, 0.29) is 5.78 Å². The summed E-state index contributed by atoms with van der Waals surface area (Å²) in [7, 11) is 1.62. The Hall–Kier alpha value is -0.830. The van der Waals surface area contributed by atoms with E-state index in [0.717, 1.165) is 21.3 Å². The highest BCUT2D eigenvalue weighted by molar-refractivity contribution is 9.10. The molecule has 0 heterocycles. The molecule has 0 bridgehead atoms. The number of carbonyl (C=O) groups excluding carboxylic acids is 1. The van der Waals surface area contributed by atoms with E-state index in [4.69, 9.17) is 4.74 Å². The van der Waals surface area contributed by atoms with E-state index in [9.17, 15) is 4.79 Å². The van der Waals surface area contributed by atoms with Gasteiger partial charge in [-0.1, -0.05) is 15.9 Å². The number of aryl methyl sites for hydroxylation is 1. The molecule has 14 heavy (non-hydrogen) atoms. The molecule has 0 saturated carbocycles. The topological polar surface area (TPSA) is 26.3 Å². The Balaban J connectivity index is 3.13. The van der Waals surface area contributed by atoms with Gasteiger partial charge in [-0.3, -0.25) is 4.79 Å². The number of ether oxygens (including phenoxy) is 1. The Bertz CT molecular complexity index is 359. The van der Waals surface area contributed by atoms with E-state index < -0.39 is 0 Å². The maximum Gasteiger partial charge on any atom is 0.134 e. The van der Waals surface area contributed by atoms with Gasteiger partial charge in [0.15, 0.2) is 0 Å². The van der Waals surface area contributed by atoms with Crippen LogP contribution in [0.2, 0.25) is 0 Å². The summed E-state index contributed by atoms with van der Waals surface area (Å²) in [4.78, 5) is 11.0. The number of methoxy groups -OCH3 is 1. The fraction of sp³-hybridized carbons (Fsp3) is 0.364. The highest BCUT2D eigenvalue weighted by Crippen LogP contribution is 2.27. The van der Waals surface area contributed by atoms with Gasteiger partial charge in [0, 0.05) is 16.5 Å². The van der Waals surface area contributed by atoms with E-state index in [2.05, 4.69) is 15.9 Å². The SMILES string of the molecule is COc1cc(C)c(Br)cc1CC(C)=O. The van der Waals surface area contributed by atoms with Crippen LogP contribution in [-0.2, 0) is 11.2 Å². The van der Waals surface area contributed by atoms with Gasteiger partial charge in [0.1, 0.15) is 11.5 Å². The molecule has 0 radical (unpaired) electrons. The summed E-state index contributed by atoms with van der Waals surface area (Å²) in [5.41, 5.74) is 2.03. The molecule has 76 valence electrons. The lowest BCUT2D eigenvalue weighted by Crippen LogP contribution is -2.00. The number of benzene rings is 1. The average Bonchev–Trinajstić information content (AvgIpc) is 2.10. The zero-order valence-electron chi connectivity index (χ0n) is 8.56. The third-order valence-corrected chi connectivity index (χ3v) is 2.86. The van der Waals surface area contributed by atoms with Gasteiger partial charge < -0.3 is 4.74 Å². The van der Waals surface area contributed by atoms with Crippen molar-refractivity contribution >= 4 is 21.7 Å². The molecule has 0 unspecified atom stereocenters. The summed E-state index contributed by atoms with van der Waals surface area (Å²) in [6.45, 7) is 3.57. The minimum atomic E-state index is 0.138. The lowest BCUT2D eigenvalue weighted by molar-refractivity contribution is -0.116. The molecule has 0 spiro atoms. The van der Waals surface area contributed by atoms with Crippen molar-refractivity contribution in [1.29, 1.82) is 0 Å². The van der Waals surface area contributed by atoms with Gasteiger partial charge in [0.2, 0.25) is 0 Å². The highest BCUT2D eigenvalue weighted by atomic mass is 79.9. The van der Waals surface area contributed by atoms with Crippen molar-refractivity contribution in [2.75, 3.05) is 7.11 Å². The zero-order chi connectivity index (χ0) is 10.7. The number of halogens is 1. The summed E-state index contributed by atoms with van der Waals surface area (Å²) < 4.78 is 6.22. The average molecular weight is 257 g/mol. The third-order valence-electron chi connectivity index (χ3n) is 2.00. The first-order chi connectivity index (χ1) is 6.54. The monoisotopic (exact) mass is 256 g/mol. The van der Waals surface area contributed by atoms with Gasteiger partial charge in [-0.2, -0.15) is 0 Å². The quantitative estimate of drug-likeness (QED) is 0.832. The Morgan fingerprint density at radius 2 is 2.14 bits per heavy atom. The predicted molar refractivity (Wildman–Crippen MR) is 59.8 cm³/mol. The molecule has 1 rings (SSSR count). The van der Waals surface area contributed by atoms with Crippen LogP contribution in [0.4, 0.5) is 0 Å². The van der Waals surface area contributed by atoms with Gasteiger partial charge in [-0.15, -0.1) is 0 Å². The lowest BCUT2D eigenvalue weighted by Gasteiger charge is -2.09. The fourth-order valence-electron chi connectivity index (χ4n) is 1.29. The van der Waals surface area contributed by atoms with Gasteiger partial charge in [-0.25, -0.2) is 0 Å². The van der Waals surface area contributed by atoms with Crippen LogP contribution in [0.25, 0.3) is 0 Å². The maximum atomic E-state index is 11.0. The van der Waals surface area contributed by atoms with Crippen LogP contribution in [0.15, 0.2) is 16.6 Å². The number of rotatable bonds is 3. The fourth-order valence-corrected chi connectivity index (χ4v) is 1.68. The molecule has 0 saturated heterocycles. The lowest BCUT2D eigenvalue weighted by atomic mass is 10.1. The standard InChI is InChI=1S/C11H13BrO2/c1-7-4-11(14-3)9(5-8(2)13)6-10(7)12/h4,6H,5H2,1-3H3. The van der Waals surface area contributed by atoms with Gasteiger partial charge >= 0.3 is 0 Å². The van der Waals surface area contributed by atoms with Crippen molar-refractivity contribution in [3.05, 3.63) is 27.7 Å². The largest absolute Gasteiger partial charge is 0.496 e. The number of carbonyl (C=O) groups is 1. The van der Waals surface area contributed by atoms with Crippen LogP contribution in [0, 0.1) is 6.92 Å². The minimum absolute atomic E-state index is 0.138. The van der Waals surface area contributed by atoms with Crippen LogP contribution in [-0.4, -0.2) is 12.9 Å². The smallest absolute Gasteiger partial charge is 0.134 e. The van der Waals surface area contributed by atoms with Gasteiger partial charge in [0.05, 0.1) is 7.11 Å². The van der Waals surface area contributed by atoms with Crippen molar-refractivity contribution in [2.45, 2.75) is 20.3 Å². The van der Waals surface area contributed by atoms with Crippen LogP contribution in [0.3, 0.4) is 0 Å². The van der Waals surface area contributed by atoms with Crippen molar-refractivity contribution in [2.24, 2.45) is 0 Å². The summed E-state index contributed by atoms with van der Waals surface area (Å²) in [6.07, 6.45) is 0.419. The molecule has 1 aromatic rings. The highest BCUT2D eigenvalue weighted by Gasteiger charge is 2.08. The molecule has 1 aromatic carbocycles. The molecule has 0 aliphatic rings. The van der Waals surface area contributed by atoms with Crippen LogP contribution in [0.5, 0.6) is 5.75 Å². The van der Waals surface area contributed by atoms with Crippen LogP contribution < -0.4 is 4.74 Å². The van der Waals surface area contributed by atoms with E-state index in [0.29, 0.717) is 6.42 Å². The van der Waals surface area contributed by atoms with Crippen LogP contribution in [0.1, 0.15) is 18.1 Å². The third kappa shape index (κ3) is 2.58. The van der Waals surface area contributed by atoms with Crippen molar-refractivity contribution in [3.8, 4) is 5.75 Å². The molecule has 0 amide bonds. The first-order valence-electron chi connectivity index (χ1n) is 4.37. The van der Waals surface area contributed by atoms with Gasteiger partial charge in [0.25, 0.3) is 0 Å². The summed E-state index contributed by atoms with van der Waals surface area (Å²) >= 11 is 3.43. The Kier molecular flexibility index (Phi) is 3.69. The second kappa shape index (κ2) is 4.60. The normalized spacial score (nSPS) is 10.0. The molecule has 0 aromatic heterocycles. The molecule has 0 fully saturated rings. The summed E-state index contributed by atoms with van der Waals surface area (Å²) in [5, 5.41) is 0. The Morgan fingerprint density at radius 3 is 2.64 bits per heavy atom. The summed E-state index contributed by atoms with van der Waals surface area (Å²) in [5.74, 6) is 0.917. The van der Waals surface area contributed by atoms with Crippen molar-refractivity contribution in [3.63, 3.8) is 0 Å². The first kappa shape index (κ1) is 11.2. The summed E-state index contributed by atoms with van der Waals surface area (Å²) in [6, 6.07) is 3.87. The Morgan fingerprint density at radius 1 is 1.50 bits per heavy atom. The molecule has 0 N–H and O–H groups in total. The first-order valence-corrected chi connectivity index (χ1v) is 5.16. The zero-order valence-corrected chi connectivity index (χ0v) is 10.1. The second-order valence-electron chi connectivity index (χ2n) is 3.29. The van der Waals surface area contributed by atoms with Crippen molar-refractivity contribution < 1.29 is 9.53 Å².